The van der Waals surface area contributed by atoms with Gasteiger partial charge in [0.15, 0.2) is 11.9 Å². The number of nitrogens with two attached hydrogens (primary N) is 4. The molecule has 0 atom stereocenters. The molecule has 0 aliphatic rings. The van der Waals surface area contributed by atoms with Crippen molar-refractivity contribution in [1.29, 1.82) is 5.41 Å². The Morgan fingerprint density at radius 1 is 1.24 bits per heavy atom. The zero-order chi connectivity index (χ0) is 12.6. The van der Waals surface area contributed by atoms with Gasteiger partial charge in [0.25, 0.3) is 5.91 Å². The van der Waals surface area contributed by atoms with E-state index in [-0.39, 0.29) is 47.2 Å². The van der Waals surface area contributed by atoms with E-state index in [4.69, 9.17) is 16.9 Å². The van der Waals surface area contributed by atoms with Gasteiger partial charge in [0, 0.05) is 42.0 Å². The zero-order valence-electron chi connectivity index (χ0n) is 9.29. The monoisotopic (exact) mass is 247 g/mol. The van der Waals surface area contributed by atoms with E-state index in [1.54, 1.807) is 0 Å². The fourth-order valence-electron chi connectivity index (χ4n) is 0.584. The molecule has 0 spiro atoms. The van der Waals surface area contributed by atoms with Gasteiger partial charge in [0.1, 0.15) is 5.69 Å². The van der Waals surface area contributed by atoms with E-state index in [2.05, 4.69) is 26.4 Å². The third kappa shape index (κ3) is 10.6. The maximum atomic E-state index is 11.0. The molecule has 0 aliphatic carbocycles. The van der Waals surface area contributed by atoms with E-state index in [1.807, 2.05) is 0 Å². The summed E-state index contributed by atoms with van der Waals surface area (Å²) >= 11 is 0. The van der Waals surface area contributed by atoms with Gasteiger partial charge in [-0.1, -0.05) is 0 Å². The molecule has 1 heterocycles. The number of rotatable bonds is 1. The summed E-state index contributed by atoms with van der Waals surface area (Å²) in [6.07, 6.45) is 4.12. The molecule has 1 radical (unpaired) electrons. The molecule has 0 unspecified atom stereocenters. The van der Waals surface area contributed by atoms with E-state index in [0.29, 0.717) is 0 Å². The van der Waals surface area contributed by atoms with Crippen molar-refractivity contribution >= 4 is 47.4 Å². The Kier molecular flexibility index (Phi) is 9.89. The van der Waals surface area contributed by atoms with Crippen molar-refractivity contribution in [3.63, 3.8) is 0 Å². The largest absolute Gasteiger partial charge is 0.370 e. The van der Waals surface area contributed by atoms with Crippen LogP contribution in [0.4, 0.5) is 0 Å². The van der Waals surface area contributed by atoms with Crippen molar-refractivity contribution in [2.75, 3.05) is 0 Å². The van der Waals surface area contributed by atoms with E-state index < -0.39 is 5.91 Å². The number of nitrogens with one attached hydrogen (secondary N) is 1. The average molecular weight is 247 g/mol. The van der Waals surface area contributed by atoms with Gasteiger partial charge in [-0.25, -0.2) is 4.98 Å². The number of hydrogen-bond donors (Lipinski definition) is 5. The minimum Gasteiger partial charge on any atom is -0.370 e. The van der Waals surface area contributed by atoms with Crippen LogP contribution in [0, 0.1) is 5.41 Å². The molecular weight excluding hydrogens is 235 g/mol. The first-order valence-corrected chi connectivity index (χ1v) is 3.93. The van der Waals surface area contributed by atoms with E-state index in [1.165, 1.54) is 18.6 Å². The van der Waals surface area contributed by atoms with Crippen LogP contribution in [-0.2, 0) is 0 Å². The molecule has 1 rings (SSSR count). The molecule has 9 N–H and O–H groups in total. The predicted octanol–water partition coefficient (Wildman–Crippen LogP) is -2.65. The van der Waals surface area contributed by atoms with Crippen LogP contribution >= 0.6 is 0 Å². The third-order valence-electron chi connectivity index (χ3n) is 1.01. The summed E-state index contributed by atoms with van der Waals surface area (Å²) in [4.78, 5) is 21.7. The maximum Gasteiger partial charge on any atom is 0.300 e. The van der Waals surface area contributed by atoms with Crippen LogP contribution in [0.15, 0.2) is 23.6 Å². The first kappa shape index (κ1) is 17.7. The van der Waals surface area contributed by atoms with Crippen LogP contribution in [0.2, 0.25) is 0 Å². The van der Waals surface area contributed by atoms with Gasteiger partial charge in [-0.3, -0.25) is 15.2 Å². The van der Waals surface area contributed by atoms with Gasteiger partial charge in [0.2, 0.25) is 0 Å². The molecule has 0 aromatic carbocycles. The fourth-order valence-corrected chi connectivity index (χ4v) is 0.584. The van der Waals surface area contributed by atoms with Crippen LogP contribution in [0.5, 0.6) is 0 Å². The number of nitrogens with zero attached hydrogens (tertiary/aromatic N) is 3. The smallest absolute Gasteiger partial charge is 0.300 e. The Labute approximate surface area is 119 Å². The molecule has 1 amide bonds. The molecule has 0 bridgehead atoms. The van der Waals surface area contributed by atoms with Crippen molar-refractivity contribution in [2.45, 2.75) is 0 Å². The molecule has 0 saturated carbocycles. The van der Waals surface area contributed by atoms with Crippen molar-refractivity contribution in [1.82, 2.24) is 9.97 Å². The van der Waals surface area contributed by atoms with E-state index in [9.17, 15) is 4.79 Å². The van der Waals surface area contributed by atoms with E-state index in [0.717, 1.165) is 0 Å². The topological polar surface area (TPSA) is 183 Å². The Balaban J connectivity index is 0. The van der Waals surface area contributed by atoms with Crippen molar-refractivity contribution in [2.24, 2.45) is 27.9 Å². The summed E-state index contributed by atoms with van der Waals surface area (Å²) in [7, 11) is 0. The minimum atomic E-state index is -0.594. The summed E-state index contributed by atoms with van der Waals surface area (Å²) < 4.78 is 0. The zero-order valence-corrected chi connectivity index (χ0v) is 11.3. The molecular formula is C7H12N8NaO. The number of aromatic nitrogens is 2. The van der Waals surface area contributed by atoms with E-state index >= 15 is 0 Å². The van der Waals surface area contributed by atoms with Crippen molar-refractivity contribution < 1.29 is 4.79 Å². The number of carbonyl (C=O) groups is 1. The normalized spacial score (nSPS) is 7.76. The molecule has 0 aliphatic heterocycles. The number of amides is 1. The first-order chi connectivity index (χ1) is 7.43. The van der Waals surface area contributed by atoms with Gasteiger partial charge in [-0.2, -0.15) is 4.99 Å². The van der Waals surface area contributed by atoms with Crippen LogP contribution in [0.25, 0.3) is 0 Å². The van der Waals surface area contributed by atoms with Gasteiger partial charge >= 0.3 is 0 Å². The molecule has 87 valence electrons. The van der Waals surface area contributed by atoms with Crippen LogP contribution < -0.4 is 22.9 Å². The molecule has 17 heavy (non-hydrogen) atoms. The fraction of sp³-hybridized carbons (Fsp3) is 0. The molecule has 9 nitrogen and oxygen atoms in total. The van der Waals surface area contributed by atoms with Gasteiger partial charge < -0.3 is 22.9 Å². The molecule has 0 saturated heterocycles. The maximum absolute atomic E-state index is 11.0. The van der Waals surface area contributed by atoms with Crippen LogP contribution in [0.1, 0.15) is 10.5 Å². The van der Waals surface area contributed by atoms with Crippen LogP contribution in [0.3, 0.4) is 0 Å². The van der Waals surface area contributed by atoms with Gasteiger partial charge in [-0.15, -0.1) is 0 Å². The Hall–Kier alpha value is -1.71. The number of aliphatic imine (C=N–C) groups is 1. The molecule has 0 fully saturated rings. The molecule has 1 aromatic heterocycles. The molecule has 10 heteroatoms. The average Bonchev–Trinajstić information content (AvgIpc) is 2.17. The Bertz CT molecular complexity index is 384. The third-order valence-corrected chi connectivity index (χ3v) is 1.01. The summed E-state index contributed by atoms with van der Waals surface area (Å²) in [5.74, 6) is -1.21. The Morgan fingerprint density at radius 3 is 2.12 bits per heavy atom. The minimum absolute atomic E-state index is 0. The predicted molar refractivity (Wildman–Crippen MR) is 64.0 cm³/mol. The number of carbonyl (C=O) groups excluding carboxylic acids is 1. The summed E-state index contributed by atoms with van der Waals surface area (Å²) in [6.45, 7) is 0. The summed E-state index contributed by atoms with van der Waals surface area (Å²) in [6, 6.07) is 0. The number of hydrogen-bond acceptors (Lipinski definition) is 4. The van der Waals surface area contributed by atoms with Gasteiger partial charge in [-0.05, 0) is 0 Å². The summed E-state index contributed by atoms with van der Waals surface area (Å²) in [5, 5.41) is 6.06. The second kappa shape index (κ2) is 9.51. The number of guanidine groups is 2. The van der Waals surface area contributed by atoms with Crippen LogP contribution in [-0.4, -0.2) is 57.4 Å². The second-order valence-corrected chi connectivity index (χ2v) is 2.39. The van der Waals surface area contributed by atoms with Crippen molar-refractivity contribution in [3.05, 3.63) is 24.3 Å². The van der Waals surface area contributed by atoms with Gasteiger partial charge in [0.05, 0.1) is 6.20 Å². The second-order valence-electron chi connectivity index (χ2n) is 2.39. The first-order valence-electron chi connectivity index (χ1n) is 3.93. The standard InChI is InChI=1S/C6H7N5O.CH5N3.Na/c7-6(8)11-5(12)4-3-9-1-2-10-4;2-1(3)4;/h1-3H,(H4,7,8,11,12);(H5,2,3,4);. The summed E-state index contributed by atoms with van der Waals surface area (Å²) in [5.41, 5.74) is 19.0. The van der Waals surface area contributed by atoms with Crippen molar-refractivity contribution in [3.8, 4) is 0 Å². The molecule has 1 aromatic rings. The quantitative estimate of drug-likeness (QED) is 0.204. The SMILES string of the molecule is N=C(N)N.NC(N)=NC(=O)c1cnccn1.[Na]. The Morgan fingerprint density at radius 2 is 1.76 bits per heavy atom.